The molecule has 0 fully saturated rings. The van der Waals surface area contributed by atoms with Crippen molar-refractivity contribution in [3.63, 3.8) is 0 Å². The second kappa shape index (κ2) is 14.4. The lowest BCUT2D eigenvalue weighted by Gasteiger charge is -2.40. The van der Waals surface area contributed by atoms with Gasteiger partial charge in [-0.15, -0.1) is 0 Å². The summed E-state index contributed by atoms with van der Waals surface area (Å²) in [5.74, 6) is 2.47. The lowest BCUT2D eigenvalue weighted by molar-refractivity contribution is 0.436. The fourth-order valence-corrected chi connectivity index (χ4v) is 10.6. The molecule has 10 aromatic rings. The molecule has 0 amide bonds. The maximum atomic E-state index is 6.76. The Balaban J connectivity index is 1.01. The van der Waals surface area contributed by atoms with E-state index in [-0.39, 0.29) is 6.04 Å². The van der Waals surface area contributed by atoms with E-state index in [0.29, 0.717) is 5.82 Å². The summed E-state index contributed by atoms with van der Waals surface area (Å²) in [5, 5.41) is 3.93. The summed E-state index contributed by atoms with van der Waals surface area (Å²) in [4.78, 5) is 10.1. The van der Waals surface area contributed by atoms with E-state index in [2.05, 4.69) is 206 Å². The summed E-state index contributed by atoms with van der Waals surface area (Å²) in [6, 6.07) is 80.3. The minimum Gasteiger partial charge on any atom is -0.457 e. The monoisotopic (exact) mass is 817 g/mol. The molecule has 13 rings (SSSR count). The summed E-state index contributed by atoms with van der Waals surface area (Å²) in [5.41, 5.74) is 20.0. The first-order chi connectivity index (χ1) is 31.7. The van der Waals surface area contributed by atoms with Crippen molar-refractivity contribution in [3.8, 4) is 78.8 Å². The minimum atomic E-state index is -0.633. The highest BCUT2D eigenvalue weighted by Crippen LogP contribution is 2.65. The predicted molar refractivity (Wildman–Crippen MR) is 258 cm³/mol. The molecule has 9 aromatic carbocycles. The number of hydrogen-bond acceptors (Lipinski definition) is 4. The summed E-state index contributed by atoms with van der Waals surface area (Å²) in [7, 11) is 0. The van der Waals surface area contributed by atoms with Crippen LogP contribution in [-0.4, -0.2) is 9.97 Å². The van der Waals surface area contributed by atoms with Crippen molar-refractivity contribution in [2.75, 3.05) is 5.32 Å². The molecule has 3 heterocycles. The van der Waals surface area contributed by atoms with Crippen molar-refractivity contribution in [2.45, 2.75) is 11.5 Å². The van der Waals surface area contributed by atoms with Crippen LogP contribution in [0.15, 0.2) is 224 Å². The van der Waals surface area contributed by atoms with Gasteiger partial charge in [-0.1, -0.05) is 194 Å². The Kier molecular flexibility index (Phi) is 8.16. The van der Waals surface area contributed by atoms with E-state index in [4.69, 9.17) is 14.7 Å². The Labute approximate surface area is 372 Å². The van der Waals surface area contributed by atoms with E-state index in [1.54, 1.807) is 0 Å². The fraction of sp³-hybridized carbons (Fsp3) is 0.0333. The largest absolute Gasteiger partial charge is 0.457 e. The van der Waals surface area contributed by atoms with Crippen molar-refractivity contribution < 1.29 is 4.74 Å². The minimum absolute atomic E-state index is 0.00845. The number of benzene rings is 9. The van der Waals surface area contributed by atoms with Gasteiger partial charge in [-0.05, 0) is 80.4 Å². The van der Waals surface area contributed by atoms with Crippen molar-refractivity contribution in [3.05, 3.63) is 258 Å². The molecule has 300 valence electrons. The maximum Gasteiger partial charge on any atom is 0.160 e. The molecule has 0 bridgehead atoms. The SMILES string of the molecule is c1ccc(-c2cc(-c3ccc(-c4ccc5c(c4)C4(c6ccccc6Oc6ccccc64)c4ccc6c(c4-5)-c4ccccc4NC6c4ccccc4)cc3)nc(-c3ccccc3)n2)cc1. The van der Waals surface area contributed by atoms with Gasteiger partial charge in [0.2, 0.25) is 0 Å². The molecule has 1 unspecified atom stereocenters. The highest BCUT2D eigenvalue weighted by molar-refractivity contribution is 6.02. The van der Waals surface area contributed by atoms with Gasteiger partial charge in [-0.2, -0.15) is 0 Å². The van der Waals surface area contributed by atoms with E-state index in [1.165, 1.54) is 44.5 Å². The molecule has 1 aromatic heterocycles. The smallest absolute Gasteiger partial charge is 0.160 e. The molecule has 0 saturated heterocycles. The summed E-state index contributed by atoms with van der Waals surface area (Å²) in [6.45, 7) is 0. The van der Waals surface area contributed by atoms with Crippen LogP contribution in [-0.2, 0) is 5.41 Å². The zero-order chi connectivity index (χ0) is 42.2. The molecule has 2 aliphatic heterocycles. The normalized spacial score (nSPS) is 14.5. The van der Waals surface area contributed by atoms with Crippen LogP contribution >= 0.6 is 0 Å². The molecular weight excluding hydrogens is 779 g/mol. The summed E-state index contributed by atoms with van der Waals surface area (Å²) < 4.78 is 6.76. The van der Waals surface area contributed by atoms with Crippen LogP contribution in [0.4, 0.5) is 5.69 Å². The molecule has 1 spiro atoms. The molecular formula is C60H39N3O. The quantitative estimate of drug-likeness (QED) is 0.188. The third-order valence-corrected chi connectivity index (χ3v) is 13.4. The van der Waals surface area contributed by atoms with E-state index in [9.17, 15) is 0 Å². The molecule has 1 aliphatic carbocycles. The third kappa shape index (κ3) is 5.49. The van der Waals surface area contributed by atoms with Crippen molar-refractivity contribution in [1.82, 2.24) is 9.97 Å². The van der Waals surface area contributed by atoms with Crippen LogP contribution in [0.1, 0.15) is 39.4 Å². The van der Waals surface area contributed by atoms with Gasteiger partial charge < -0.3 is 10.1 Å². The summed E-state index contributed by atoms with van der Waals surface area (Å²) in [6.07, 6.45) is 0. The van der Waals surface area contributed by atoms with Gasteiger partial charge in [0.25, 0.3) is 0 Å². The van der Waals surface area contributed by atoms with Crippen LogP contribution < -0.4 is 10.1 Å². The van der Waals surface area contributed by atoms with Crippen molar-refractivity contribution in [2.24, 2.45) is 0 Å². The van der Waals surface area contributed by atoms with E-state index < -0.39 is 5.41 Å². The number of nitrogens with one attached hydrogen (secondary N) is 1. The van der Waals surface area contributed by atoms with Gasteiger partial charge in [0, 0.05) is 39.1 Å². The van der Waals surface area contributed by atoms with Gasteiger partial charge in [0.15, 0.2) is 5.82 Å². The first-order valence-electron chi connectivity index (χ1n) is 21.9. The Morgan fingerprint density at radius 2 is 0.953 bits per heavy atom. The second-order valence-corrected chi connectivity index (χ2v) is 16.9. The lowest BCUT2D eigenvalue weighted by Crippen LogP contribution is -2.32. The van der Waals surface area contributed by atoms with E-state index >= 15 is 0 Å². The molecule has 4 nitrogen and oxygen atoms in total. The first-order valence-corrected chi connectivity index (χ1v) is 21.9. The van der Waals surface area contributed by atoms with Gasteiger partial charge >= 0.3 is 0 Å². The Hall–Kier alpha value is -8.34. The molecule has 4 heteroatoms. The van der Waals surface area contributed by atoms with Crippen LogP contribution in [0, 0.1) is 0 Å². The average molecular weight is 818 g/mol. The molecule has 1 atom stereocenters. The van der Waals surface area contributed by atoms with Gasteiger partial charge in [-0.25, -0.2) is 9.97 Å². The Bertz CT molecular complexity index is 3330. The van der Waals surface area contributed by atoms with Crippen LogP contribution in [0.3, 0.4) is 0 Å². The number of fused-ring (bicyclic) bond motifs is 13. The molecule has 64 heavy (non-hydrogen) atoms. The molecule has 1 N–H and O–H groups in total. The van der Waals surface area contributed by atoms with Gasteiger partial charge in [0.05, 0.1) is 22.8 Å². The topological polar surface area (TPSA) is 47.0 Å². The summed E-state index contributed by atoms with van der Waals surface area (Å²) >= 11 is 0. The van der Waals surface area contributed by atoms with Gasteiger partial charge in [-0.3, -0.25) is 0 Å². The lowest BCUT2D eigenvalue weighted by atomic mass is 9.65. The number of rotatable bonds is 5. The average Bonchev–Trinajstić information content (AvgIpc) is 3.66. The number of anilines is 1. The third-order valence-electron chi connectivity index (χ3n) is 13.4. The van der Waals surface area contributed by atoms with Gasteiger partial charge in [0.1, 0.15) is 11.5 Å². The first kappa shape index (κ1) is 36.3. The fourth-order valence-electron chi connectivity index (χ4n) is 10.6. The van der Waals surface area contributed by atoms with E-state index in [1.807, 2.05) is 24.3 Å². The highest BCUT2D eigenvalue weighted by atomic mass is 16.5. The number of aromatic nitrogens is 2. The number of para-hydroxylation sites is 3. The van der Waals surface area contributed by atoms with Crippen molar-refractivity contribution in [1.29, 1.82) is 0 Å². The maximum absolute atomic E-state index is 6.76. The van der Waals surface area contributed by atoms with Crippen LogP contribution in [0.25, 0.3) is 67.3 Å². The number of nitrogens with zero attached hydrogens (tertiary/aromatic N) is 2. The zero-order valence-electron chi connectivity index (χ0n) is 34.7. The number of hydrogen-bond donors (Lipinski definition) is 1. The molecule has 0 saturated carbocycles. The predicted octanol–water partition coefficient (Wildman–Crippen LogP) is 14.8. The van der Waals surface area contributed by atoms with E-state index in [0.717, 1.165) is 67.5 Å². The highest BCUT2D eigenvalue weighted by Gasteiger charge is 2.52. The molecule has 3 aliphatic rings. The van der Waals surface area contributed by atoms with Crippen LogP contribution in [0.5, 0.6) is 11.5 Å². The van der Waals surface area contributed by atoms with Crippen LogP contribution in [0.2, 0.25) is 0 Å². The number of ether oxygens (including phenoxy) is 1. The second-order valence-electron chi connectivity index (χ2n) is 16.9. The zero-order valence-corrected chi connectivity index (χ0v) is 34.7. The van der Waals surface area contributed by atoms with Crippen molar-refractivity contribution >= 4 is 5.69 Å². The standard InChI is InChI=1S/C60H39N3O/c1-4-16-39(17-5-1)52-37-53(63-59(62-52)42-20-8-3-9-21-42)40-30-28-38(29-31-40)43-32-33-44-50(36-43)60(47-23-11-14-26-54(47)64-55-27-15-12-24-48(55)60)49-35-34-46-56(57(44)49)45-22-10-13-25-51(45)61-58(46)41-18-6-2-7-19-41/h1-37,58,61H. The molecule has 0 radical (unpaired) electrons. The Morgan fingerprint density at radius 3 is 1.66 bits per heavy atom. The Morgan fingerprint density at radius 1 is 0.391 bits per heavy atom.